The summed E-state index contributed by atoms with van der Waals surface area (Å²) < 4.78 is 45.7. The Morgan fingerprint density at radius 2 is 0.500 bits per heavy atom. The number of unbranched alkanes of at least 4 members (excludes halogenated alkanes) is 8. The number of nitrogens with zero attached hydrogens (tertiary/aromatic N) is 6. The molecule has 14 nitrogen and oxygen atoms in total. The molecule has 10 aromatic rings. The minimum Gasteiger partial charge on any atom is -0.506 e. The third kappa shape index (κ3) is 10.9. The number of aromatic hydroxyl groups is 2. The van der Waals surface area contributed by atoms with Crippen LogP contribution in [0.15, 0.2) is 115 Å². The maximum Gasteiger partial charge on any atom is 0.284 e. The number of phenols is 2. The summed E-state index contributed by atoms with van der Waals surface area (Å²) in [5.74, 6) is 1.20. The average molecular weight is 1460 g/mol. The monoisotopic (exact) mass is 1460 g/mol. The lowest BCUT2D eigenvalue weighted by Crippen LogP contribution is -2.14. The highest BCUT2D eigenvalue weighted by Gasteiger charge is 2.42. The molecule has 0 spiro atoms. The van der Waals surface area contributed by atoms with Crippen LogP contribution in [0.3, 0.4) is 0 Å². The molecule has 3 aliphatic heterocycles. The van der Waals surface area contributed by atoms with E-state index in [4.69, 9.17) is 58.3 Å². The molecule has 1 aliphatic carbocycles. The molecule has 2 atom stereocenters. The number of hydrogen-bond donors (Lipinski definition) is 2. The summed E-state index contributed by atoms with van der Waals surface area (Å²) in [5.41, 5.74) is 9.71. The van der Waals surface area contributed by atoms with E-state index in [0.717, 1.165) is 110 Å². The van der Waals surface area contributed by atoms with Crippen molar-refractivity contribution in [1.82, 2.24) is 29.9 Å². The summed E-state index contributed by atoms with van der Waals surface area (Å²) in [7, 11) is 0. The minimum atomic E-state index is -0.582. The van der Waals surface area contributed by atoms with Gasteiger partial charge >= 0.3 is 0 Å². The zero-order valence-corrected chi connectivity index (χ0v) is 56.7. The van der Waals surface area contributed by atoms with Gasteiger partial charge in [0.25, 0.3) is 35.3 Å². The number of para-hydroxylation sites is 6. The normalized spacial score (nSPS) is 16.7. The van der Waals surface area contributed by atoms with Crippen molar-refractivity contribution in [2.75, 3.05) is 0 Å². The number of hydrogen-bond acceptors (Lipinski definition) is 14. The van der Waals surface area contributed by atoms with E-state index in [1.165, 1.54) is 0 Å². The highest BCUT2D eigenvalue weighted by molar-refractivity contribution is 9.11. The van der Waals surface area contributed by atoms with Gasteiger partial charge in [0.2, 0.25) is 0 Å². The molecular weight excluding hydrogens is 1400 g/mol. The Kier molecular flexibility index (Phi) is 17.1. The van der Waals surface area contributed by atoms with Crippen LogP contribution in [-0.2, 0) is 0 Å². The lowest BCUT2D eigenvalue weighted by Gasteiger charge is -2.31. The summed E-state index contributed by atoms with van der Waals surface area (Å²) in [6.07, 6.45) is 13.4. The number of benzene rings is 7. The Bertz CT molecular complexity index is 4220. The van der Waals surface area contributed by atoms with Crippen molar-refractivity contribution >= 4 is 96.8 Å². The van der Waals surface area contributed by atoms with Gasteiger partial charge in [0.05, 0.1) is 33.1 Å². The fraction of sp³-hybridized carbons (Fsp3) is 0.333. The number of rotatable bonds is 16. The molecule has 0 fully saturated rings. The van der Waals surface area contributed by atoms with Crippen molar-refractivity contribution in [3.05, 3.63) is 159 Å². The van der Waals surface area contributed by atoms with Crippen LogP contribution in [0.2, 0.25) is 0 Å². The first-order valence-electron chi connectivity index (χ1n) is 31.6. The zero-order chi connectivity index (χ0) is 61.9. The molecule has 0 amide bonds. The topological polar surface area (TPSA) is 173 Å². The van der Waals surface area contributed by atoms with Crippen LogP contribution >= 0.6 is 63.7 Å². The second-order valence-corrected chi connectivity index (χ2v) is 27.1. The Balaban J connectivity index is 1.19. The maximum atomic E-state index is 13.3. The minimum absolute atomic E-state index is 0.0302. The number of fused-ring (bicyclic) bond motifs is 8. The van der Waals surface area contributed by atoms with E-state index in [-0.39, 0.29) is 46.8 Å². The second-order valence-electron chi connectivity index (χ2n) is 23.9. The van der Waals surface area contributed by atoms with Gasteiger partial charge in [-0.2, -0.15) is 0 Å². The molecular formula is C72H66Br4N6O8. The van der Waals surface area contributed by atoms with Crippen LogP contribution < -0.4 is 28.4 Å². The smallest absolute Gasteiger partial charge is 0.284 e. The molecule has 460 valence electrons. The summed E-state index contributed by atoms with van der Waals surface area (Å²) in [6.45, 7) is 8.82. The van der Waals surface area contributed by atoms with Crippen molar-refractivity contribution in [2.45, 2.75) is 154 Å². The van der Waals surface area contributed by atoms with Gasteiger partial charge in [-0.05, 0) is 150 Å². The zero-order valence-electron chi connectivity index (χ0n) is 50.4. The highest BCUT2D eigenvalue weighted by atomic mass is 79.9. The summed E-state index contributed by atoms with van der Waals surface area (Å²) in [4.78, 5) is 31.0. The Labute approximate surface area is 556 Å². The molecule has 6 heterocycles. The lowest BCUT2D eigenvalue weighted by atomic mass is 9.76. The first kappa shape index (κ1) is 60.4. The van der Waals surface area contributed by atoms with Crippen LogP contribution in [0, 0.1) is 0 Å². The van der Waals surface area contributed by atoms with Crippen LogP contribution in [0.5, 0.6) is 81.3 Å². The van der Waals surface area contributed by atoms with E-state index in [0.29, 0.717) is 122 Å². The first-order chi connectivity index (χ1) is 43.9. The van der Waals surface area contributed by atoms with Crippen LogP contribution in [-0.4, -0.2) is 40.1 Å². The van der Waals surface area contributed by atoms with Gasteiger partial charge in [0.15, 0.2) is 34.5 Å². The quantitative estimate of drug-likeness (QED) is 0.0875. The second kappa shape index (κ2) is 25.5. The molecule has 4 aliphatic rings. The number of halogens is 4. The van der Waals surface area contributed by atoms with Gasteiger partial charge < -0.3 is 38.6 Å². The molecule has 8 bridgehead atoms. The van der Waals surface area contributed by atoms with Gasteiger partial charge in [-0.25, -0.2) is 29.9 Å². The summed E-state index contributed by atoms with van der Waals surface area (Å²) in [5, 5.41) is 26.5. The largest absolute Gasteiger partial charge is 0.506 e. The van der Waals surface area contributed by atoms with Gasteiger partial charge in [-0.3, -0.25) is 0 Å². The maximum absolute atomic E-state index is 13.3. The van der Waals surface area contributed by atoms with Crippen molar-refractivity contribution < 1.29 is 38.6 Å². The lowest BCUT2D eigenvalue weighted by molar-refractivity contribution is 0.376. The van der Waals surface area contributed by atoms with E-state index in [9.17, 15) is 10.2 Å². The van der Waals surface area contributed by atoms with Gasteiger partial charge in [0, 0.05) is 68.2 Å². The standard InChI is InChI=1S/C72H66Br4N6O8/c1-5-9-13-23-37-41-33-43-38(24-14-10-6-2)45-35-47-40(26-16-12-8-4)48-36-46-39(25-15-11-7-3)44-34-42(37)60(84)56(74)62(44)86-68-70(80-52-30-20-18-28-50(52)78-68)88-64(46)58(76)66(48)90-72-71(81-53-31-21-22-32-54(53)82-72)89-65(47)57(75)63(45)87-69-67(85-61(43)55(73)59(41)83)77-49-27-17-19-29-51(49)79-69/h17-22,27-40,83-84H,5-16,23-26H2,1-4H3. The van der Waals surface area contributed by atoms with Crippen molar-refractivity contribution in [1.29, 1.82) is 0 Å². The van der Waals surface area contributed by atoms with E-state index < -0.39 is 23.7 Å². The number of phenolic OH excluding ortho intramolecular Hbond substituents is 2. The number of ether oxygens (including phenoxy) is 6. The van der Waals surface area contributed by atoms with Crippen molar-refractivity contribution in [3.8, 4) is 81.3 Å². The van der Waals surface area contributed by atoms with E-state index >= 15 is 0 Å². The Morgan fingerprint density at radius 3 is 0.722 bits per heavy atom. The van der Waals surface area contributed by atoms with Crippen LogP contribution in [0.25, 0.3) is 33.1 Å². The fourth-order valence-electron chi connectivity index (χ4n) is 13.5. The first-order valence-corrected chi connectivity index (χ1v) is 34.8. The molecule has 14 rings (SSSR count). The molecule has 7 aromatic carbocycles. The third-order valence-electron chi connectivity index (χ3n) is 18.1. The van der Waals surface area contributed by atoms with E-state index in [1.54, 1.807) is 0 Å². The molecule has 0 radical (unpaired) electrons. The molecule has 2 unspecified atom stereocenters. The van der Waals surface area contributed by atoms with Gasteiger partial charge in [-0.1, -0.05) is 141 Å². The molecule has 2 N–H and O–H groups in total. The van der Waals surface area contributed by atoms with Crippen molar-refractivity contribution in [2.24, 2.45) is 0 Å². The average Bonchev–Trinajstić information content (AvgIpc) is 1.38. The molecule has 18 heteroatoms. The van der Waals surface area contributed by atoms with Crippen LogP contribution in [0.1, 0.15) is 199 Å². The Hall–Kier alpha value is -7.12. The summed E-state index contributed by atoms with van der Waals surface area (Å²) >= 11 is 16.6. The number of aromatic nitrogens is 6. The molecule has 90 heavy (non-hydrogen) atoms. The Morgan fingerprint density at radius 1 is 0.300 bits per heavy atom. The fourth-order valence-corrected chi connectivity index (χ4v) is 15.8. The van der Waals surface area contributed by atoms with Crippen LogP contribution in [0.4, 0.5) is 0 Å². The van der Waals surface area contributed by atoms with Crippen molar-refractivity contribution in [3.63, 3.8) is 0 Å². The molecule has 0 saturated heterocycles. The molecule has 3 aromatic heterocycles. The SMILES string of the molecule is CCCCCC1c2cc3c(c(Br)c2O)Oc2nc4ccccc4nc2Oc2c(cc4c(c2Br)Oc2nc5ccccc5nc2Oc2c(cc5c(c2Br)Oc2nc6ccccc6nc2Oc2c(cc1c(O)c2Br)C5CCCCC)C4CCCCC)C3CCCCC. The third-order valence-corrected chi connectivity index (χ3v) is 21.0. The van der Waals surface area contributed by atoms with E-state index in [1.807, 2.05) is 72.8 Å². The van der Waals surface area contributed by atoms with Gasteiger partial charge in [-0.15, -0.1) is 0 Å². The predicted octanol–water partition coefficient (Wildman–Crippen LogP) is 22.8. The molecule has 0 saturated carbocycles. The summed E-state index contributed by atoms with van der Waals surface area (Å²) in [6, 6.07) is 31.6. The highest BCUT2D eigenvalue weighted by Crippen LogP contribution is 2.63. The van der Waals surface area contributed by atoms with Gasteiger partial charge in [0.1, 0.15) is 29.4 Å². The van der Waals surface area contributed by atoms with E-state index in [2.05, 4.69) is 116 Å². The predicted molar refractivity (Wildman–Crippen MR) is 363 cm³/mol.